The normalized spacial score (nSPS) is 25.1. The molecule has 1 N–H and O–H groups in total. The molecule has 3 fully saturated rings. The number of cyclic esters (lactones) is 2. The Morgan fingerprint density at radius 3 is 2.48 bits per heavy atom. The van der Waals surface area contributed by atoms with E-state index in [9.17, 15) is 9.59 Å². The SMILES string of the molecule is O=C1OCCN1c1ccc(N2C(=O)O[C@H](OC3CCCCC3)C2CNC=S)cc1. The second-order valence-electron chi connectivity index (χ2n) is 7.39. The summed E-state index contributed by atoms with van der Waals surface area (Å²) in [6, 6.07) is 6.86. The number of ether oxygens (including phenoxy) is 3. The van der Waals surface area contributed by atoms with Gasteiger partial charge >= 0.3 is 12.2 Å². The summed E-state index contributed by atoms with van der Waals surface area (Å²) in [6.07, 6.45) is 4.13. The third-order valence-corrected chi connectivity index (χ3v) is 5.72. The van der Waals surface area contributed by atoms with Crippen molar-refractivity contribution in [2.45, 2.75) is 50.5 Å². The zero-order chi connectivity index (χ0) is 20.2. The lowest BCUT2D eigenvalue weighted by Crippen LogP contribution is -2.45. The number of rotatable bonds is 7. The Balaban J connectivity index is 1.51. The minimum Gasteiger partial charge on any atom is -0.447 e. The van der Waals surface area contributed by atoms with Crippen molar-refractivity contribution in [2.24, 2.45) is 0 Å². The molecule has 2 heterocycles. The summed E-state index contributed by atoms with van der Waals surface area (Å²) in [5.41, 5.74) is 2.84. The van der Waals surface area contributed by atoms with Crippen LogP contribution in [0.15, 0.2) is 24.3 Å². The van der Waals surface area contributed by atoms with Crippen LogP contribution in [-0.2, 0) is 14.2 Å². The summed E-state index contributed by atoms with van der Waals surface area (Å²) in [6.45, 7) is 1.32. The fourth-order valence-corrected chi connectivity index (χ4v) is 4.17. The lowest BCUT2D eigenvalue weighted by atomic mass is 9.98. The molecule has 2 amide bonds. The van der Waals surface area contributed by atoms with E-state index in [1.165, 1.54) is 11.9 Å². The Morgan fingerprint density at radius 2 is 1.83 bits per heavy atom. The number of anilines is 2. The fraction of sp³-hybridized carbons (Fsp3) is 0.550. The van der Waals surface area contributed by atoms with Crippen molar-refractivity contribution in [2.75, 3.05) is 29.5 Å². The van der Waals surface area contributed by atoms with E-state index < -0.39 is 12.4 Å². The molecule has 0 aromatic heterocycles. The Labute approximate surface area is 175 Å². The second kappa shape index (κ2) is 8.96. The van der Waals surface area contributed by atoms with E-state index in [1.54, 1.807) is 34.1 Å². The van der Waals surface area contributed by atoms with E-state index in [0.29, 0.717) is 25.4 Å². The number of thiocarbonyl (C=S) groups is 1. The molecule has 1 aliphatic carbocycles. The maximum absolute atomic E-state index is 12.7. The molecule has 156 valence electrons. The summed E-state index contributed by atoms with van der Waals surface area (Å²) in [5.74, 6) is 0. The van der Waals surface area contributed by atoms with Gasteiger partial charge in [0.15, 0.2) is 0 Å². The Morgan fingerprint density at radius 1 is 1.10 bits per heavy atom. The molecule has 4 rings (SSSR count). The number of benzene rings is 1. The summed E-state index contributed by atoms with van der Waals surface area (Å²) < 4.78 is 16.7. The first-order valence-corrected chi connectivity index (χ1v) is 10.5. The molecule has 0 bridgehead atoms. The molecule has 9 heteroatoms. The van der Waals surface area contributed by atoms with Crippen LogP contribution in [0.5, 0.6) is 0 Å². The third-order valence-electron chi connectivity index (χ3n) is 5.55. The fourth-order valence-electron chi connectivity index (χ4n) is 4.08. The molecule has 2 aliphatic heterocycles. The lowest BCUT2D eigenvalue weighted by Gasteiger charge is -2.29. The molecule has 2 atom stereocenters. The summed E-state index contributed by atoms with van der Waals surface area (Å²) in [5, 5.41) is 3.01. The minimum atomic E-state index is -0.652. The van der Waals surface area contributed by atoms with Crippen molar-refractivity contribution in [3.8, 4) is 0 Å². The van der Waals surface area contributed by atoms with Crippen LogP contribution in [0.3, 0.4) is 0 Å². The molecule has 0 spiro atoms. The van der Waals surface area contributed by atoms with E-state index in [4.69, 9.17) is 26.4 Å². The van der Waals surface area contributed by atoms with E-state index in [0.717, 1.165) is 31.4 Å². The smallest absolute Gasteiger partial charge is 0.417 e. The number of amides is 2. The van der Waals surface area contributed by atoms with Crippen LogP contribution in [0.1, 0.15) is 32.1 Å². The molecule has 1 aromatic carbocycles. The Bertz CT molecular complexity index is 753. The van der Waals surface area contributed by atoms with Gasteiger partial charge in [0.25, 0.3) is 0 Å². The Hall–Kier alpha value is -2.39. The lowest BCUT2D eigenvalue weighted by molar-refractivity contribution is -0.135. The van der Waals surface area contributed by atoms with Gasteiger partial charge in [-0.3, -0.25) is 9.80 Å². The van der Waals surface area contributed by atoms with Gasteiger partial charge in [0.05, 0.1) is 18.1 Å². The Kier molecular flexibility index (Phi) is 6.15. The zero-order valence-electron chi connectivity index (χ0n) is 16.1. The highest BCUT2D eigenvalue weighted by molar-refractivity contribution is 7.78. The molecule has 29 heavy (non-hydrogen) atoms. The molecule has 3 aliphatic rings. The van der Waals surface area contributed by atoms with Gasteiger partial charge < -0.3 is 19.5 Å². The van der Waals surface area contributed by atoms with Crippen LogP contribution in [0.2, 0.25) is 0 Å². The molecule has 0 radical (unpaired) electrons. The molecule has 1 aromatic rings. The highest BCUT2D eigenvalue weighted by atomic mass is 32.1. The molecular formula is C20H25N3O5S. The first-order valence-electron chi connectivity index (χ1n) is 10.0. The predicted octanol–water partition coefficient (Wildman–Crippen LogP) is 3.19. The van der Waals surface area contributed by atoms with Crippen molar-refractivity contribution in [3.05, 3.63) is 24.3 Å². The van der Waals surface area contributed by atoms with Crippen LogP contribution in [-0.4, -0.2) is 55.8 Å². The highest BCUT2D eigenvalue weighted by Gasteiger charge is 2.44. The molecule has 1 saturated carbocycles. The van der Waals surface area contributed by atoms with E-state index in [1.807, 2.05) is 0 Å². The first-order chi connectivity index (χ1) is 14.2. The van der Waals surface area contributed by atoms with Crippen molar-refractivity contribution >= 4 is 41.3 Å². The van der Waals surface area contributed by atoms with E-state index in [2.05, 4.69) is 5.32 Å². The maximum Gasteiger partial charge on any atom is 0.417 e. The first kappa shape index (κ1) is 19.9. The topological polar surface area (TPSA) is 80.3 Å². The number of carbonyl (C=O) groups excluding carboxylic acids is 2. The summed E-state index contributed by atoms with van der Waals surface area (Å²) in [7, 11) is 0. The monoisotopic (exact) mass is 419 g/mol. The van der Waals surface area contributed by atoms with Crippen LogP contribution >= 0.6 is 12.2 Å². The molecular weight excluding hydrogens is 394 g/mol. The van der Waals surface area contributed by atoms with Gasteiger partial charge in [-0.1, -0.05) is 31.5 Å². The van der Waals surface area contributed by atoms with Gasteiger partial charge in [0, 0.05) is 17.9 Å². The molecule has 2 saturated heterocycles. The van der Waals surface area contributed by atoms with Gasteiger partial charge in [0.2, 0.25) is 6.29 Å². The average molecular weight is 420 g/mol. The molecule has 8 nitrogen and oxygen atoms in total. The summed E-state index contributed by atoms with van der Waals surface area (Å²) >= 11 is 4.89. The van der Waals surface area contributed by atoms with Gasteiger partial charge in [-0.2, -0.15) is 0 Å². The number of carbonyl (C=O) groups is 2. The number of hydrogen-bond donors (Lipinski definition) is 1. The number of nitrogens with one attached hydrogen (secondary N) is 1. The minimum absolute atomic E-state index is 0.111. The number of nitrogens with zero attached hydrogens (tertiary/aromatic N) is 2. The third kappa shape index (κ3) is 4.30. The van der Waals surface area contributed by atoms with Gasteiger partial charge in [-0.05, 0) is 37.1 Å². The van der Waals surface area contributed by atoms with Gasteiger partial charge in [-0.25, -0.2) is 9.59 Å². The van der Waals surface area contributed by atoms with Crippen LogP contribution < -0.4 is 15.1 Å². The van der Waals surface area contributed by atoms with E-state index in [-0.39, 0.29) is 18.2 Å². The maximum atomic E-state index is 12.7. The van der Waals surface area contributed by atoms with Crippen LogP contribution in [0.25, 0.3) is 0 Å². The highest BCUT2D eigenvalue weighted by Crippen LogP contribution is 2.32. The van der Waals surface area contributed by atoms with Crippen molar-refractivity contribution < 1.29 is 23.8 Å². The van der Waals surface area contributed by atoms with Crippen molar-refractivity contribution in [1.29, 1.82) is 0 Å². The standard InChI is InChI=1S/C20H25N3O5S/c24-19-22(10-11-26-19)14-6-8-15(9-7-14)23-17(12-21-13-29)18(28-20(23)25)27-16-4-2-1-3-5-16/h6-9,13,16-18H,1-5,10-12H2,(H,21,29)/t17?,18-/m0/s1. The van der Waals surface area contributed by atoms with Gasteiger partial charge in [0.1, 0.15) is 12.6 Å². The van der Waals surface area contributed by atoms with E-state index >= 15 is 0 Å². The largest absolute Gasteiger partial charge is 0.447 e. The zero-order valence-corrected chi connectivity index (χ0v) is 16.9. The van der Waals surface area contributed by atoms with Crippen LogP contribution in [0.4, 0.5) is 21.0 Å². The van der Waals surface area contributed by atoms with Crippen LogP contribution in [0, 0.1) is 0 Å². The summed E-state index contributed by atoms with van der Waals surface area (Å²) in [4.78, 5) is 27.6. The quantitative estimate of drug-likeness (QED) is 0.680. The second-order valence-corrected chi connectivity index (χ2v) is 7.63. The number of hydrogen-bond acceptors (Lipinski definition) is 6. The average Bonchev–Trinajstić information content (AvgIpc) is 3.30. The van der Waals surface area contributed by atoms with Crippen molar-refractivity contribution in [1.82, 2.24) is 5.32 Å². The molecule has 1 unspecified atom stereocenters. The van der Waals surface area contributed by atoms with Crippen molar-refractivity contribution in [3.63, 3.8) is 0 Å². The van der Waals surface area contributed by atoms with Gasteiger partial charge in [-0.15, -0.1) is 0 Å². The predicted molar refractivity (Wildman–Crippen MR) is 111 cm³/mol.